The second kappa shape index (κ2) is 5.74. The lowest BCUT2D eigenvalue weighted by Crippen LogP contribution is -2.07. The molecule has 0 aromatic carbocycles. The topological polar surface area (TPSA) is 35.6 Å². The molecule has 0 aliphatic carbocycles. The van der Waals surface area contributed by atoms with Crippen LogP contribution in [0.15, 0.2) is 0 Å². The van der Waals surface area contributed by atoms with Crippen molar-refractivity contribution in [3.05, 3.63) is 11.5 Å². The highest BCUT2D eigenvalue weighted by Gasteiger charge is 2.17. The Morgan fingerprint density at radius 2 is 1.94 bits per heavy atom. The first kappa shape index (κ1) is 13.4. The predicted molar refractivity (Wildman–Crippen MR) is 75.2 cm³/mol. The number of hydrogen-bond donors (Lipinski definition) is 0. The molecule has 0 aliphatic rings. The third-order valence-corrected chi connectivity index (χ3v) is 3.31. The first-order valence-electron chi connectivity index (χ1n) is 6.69. The zero-order chi connectivity index (χ0) is 13.1. The number of aromatic nitrogens is 4. The summed E-state index contributed by atoms with van der Waals surface area (Å²) >= 11 is 5.87. The summed E-state index contributed by atoms with van der Waals surface area (Å²) in [6, 6.07) is 0. The largest absolute Gasteiger partial charge is 0.313 e. The maximum atomic E-state index is 5.87. The average molecular weight is 269 g/mol. The van der Waals surface area contributed by atoms with Gasteiger partial charge in [-0.05, 0) is 12.8 Å². The molecule has 5 heteroatoms. The molecular weight excluding hydrogens is 248 g/mol. The van der Waals surface area contributed by atoms with Gasteiger partial charge in [0.1, 0.15) is 11.3 Å². The number of imidazole rings is 1. The minimum Gasteiger partial charge on any atom is -0.313 e. The van der Waals surface area contributed by atoms with Crippen LogP contribution in [0.25, 0.3) is 11.2 Å². The van der Waals surface area contributed by atoms with E-state index in [0.717, 1.165) is 54.9 Å². The summed E-state index contributed by atoms with van der Waals surface area (Å²) < 4.78 is 4.23. The van der Waals surface area contributed by atoms with Crippen molar-refractivity contribution >= 4 is 22.8 Å². The fourth-order valence-electron chi connectivity index (χ4n) is 2.43. The Kier molecular flexibility index (Phi) is 4.27. The van der Waals surface area contributed by atoms with Crippen molar-refractivity contribution < 1.29 is 0 Å². The van der Waals surface area contributed by atoms with E-state index in [-0.39, 0.29) is 0 Å². The molecule has 2 aromatic heterocycles. The van der Waals surface area contributed by atoms with Gasteiger partial charge in [-0.15, -0.1) is 11.6 Å². The van der Waals surface area contributed by atoms with Crippen LogP contribution in [-0.4, -0.2) is 25.2 Å². The van der Waals surface area contributed by atoms with Crippen molar-refractivity contribution in [3.63, 3.8) is 0 Å². The Balaban J connectivity index is 2.56. The first-order valence-corrected chi connectivity index (χ1v) is 7.23. The molecule has 0 N–H and O–H groups in total. The Bertz CT molecular complexity index is 527. The second-order valence-electron chi connectivity index (χ2n) is 4.61. The zero-order valence-corrected chi connectivity index (χ0v) is 12.2. The van der Waals surface area contributed by atoms with Crippen LogP contribution >= 0.6 is 11.6 Å². The summed E-state index contributed by atoms with van der Waals surface area (Å²) in [5, 5.41) is 4.58. The van der Waals surface area contributed by atoms with Crippen LogP contribution < -0.4 is 0 Å². The third-order valence-electron chi connectivity index (χ3n) is 3.12. The van der Waals surface area contributed by atoms with Crippen molar-refractivity contribution in [2.45, 2.75) is 46.1 Å². The van der Waals surface area contributed by atoms with Gasteiger partial charge in [0.25, 0.3) is 0 Å². The molecule has 2 aromatic rings. The number of aryl methyl sites for hydroxylation is 4. The van der Waals surface area contributed by atoms with Gasteiger partial charge in [-0.2, -0.15) is 5.10 Å². The monoisotopic (exact) mass is 268 g/mol. The number of nitrogens with zero attached hydrogens (tertiary/aromatic N) is 4. The molecule has 0 fully saturated rings. The summed E-state index contributed by atoms with van der Waals surface area (Å²) in [4.78, 5) is 4.76. The molecule has 0 aliphatic heterocycles. The van der Waals surface area contributed by atoms with Gasteiger partial charge in [-0.3, -0.25) is 4.68 Å². The van der Waals surface area contributed by atoms with E-state index in [1.807, 2.05) is 11.7 Å². The van der Waals surface area contributed by atoms with E-state index in [2.05, 4.69) is 23.5 Å². The van der Waals surface area contributed by atoms with Crippen LogP contribution in [0.5, 0.6) is 0 Å². The lowest BCUT2D eigenvalue weighted by molar-refractivity contribution is 0.629. The highest BCUT2D eigenvalue weighted by atomic mass is 35.5. The Morgan fingerprint density at radius 3 is 2.56 bits per heavy atom. The minimum atomic E-state index is 0.615. The molecule has 0 unspecified atom stereocenters. The maximum absolute atomic E-state index is 5.87. The van der Waals surface area contributed by atoms with E-state index in [9.17, 15) is 0 Å². The summed E-state index contributed by atoms with van der Waals surface area (Å²) in [7, 11) is 2.00. The average Bonchev–Trinajstić information content (AvgIpc) is 2.82. The van der Waals surface area contributed by atoms with E-state index in [1.54, 1.807) is 0 Å². The van der Waals surface area contributed by atoms with Crippen LogP contribution in [0.3, 0.4) is 0 Å². The Labute approximate surface area is 113 Å². The van der Waals surface area contributed by atoms with Crippen LogP contribution in [-0.2, 0) is 26.4 Å². The molecule has 0 saturated carbocycles. The van der Waals surface area contributed by atoms with E-state index < -0.39 is 0 Å². The SMILES string of the molecule is CCCc1nn(C)c2c1nc(CCCl)n2CCC. The summed E-state index contributed by atoms with van der Waals surface area (Å²) in [5.74, 6) is 1.70. The fraction of sp³-hybridized carbons (Fsp3) is 0.692. The van der Waals surface area contributed by atoms with Crippen LogP contribution in [0.1, 0.15) is 38.2 Å². The van der Waals surface area contributed by atoms with Crippen molar-refractivity contribution in [2.24, 2.45) is 7.05 Å². The van der Waals surface area contributed by atoms with Gasteiger partial charge >= 0.3 is 0 Å². The summed E-state index contributed by atoms with van der Waals surface area (Å²) in [6.45, 7) is 5.33. The van der Waals surface area contributed by atoms with Gasteiger partial charge in [-0.25, -0.2) is 4.98 Å². The van der Waals surface area contributed by atoms with Gasteiger partial charge < -0.3 is 4.57 Å². The fourth-order valence-corrected chi connectivity index (χ4v) is 2.59. The van der Waals surface area contributed by atoms with Crippen LogP contribution in [0.4, 0.5) is 0 Å². The molecule has 18 heavy (non-hydrogen) atoms. The molecule has 0 bridgehead atoms. The molecule has 2 rings (SSSR count). The summed E-state index contributed by atoms with van der Waals surface area (Å²) in [6.07, 6.45) is 4.00. The van der Waals surface area contributed by atoms with Crippen LogP contribution in [0, 0.1) is 0 Å². The Hall–Kier alpha value is -1.03. The first-order chi connectivity index (χ1) is 8.72. The normalized spacial score (nSPS) is 11.6. The summed E-state index contributed by atoms with van der Waals surface area (Å²) in [5.41, 5.74) is 3.31. The van der Waals surface area contributed by atoms with Crippen molar-refractivity contribution in [2.75, 3.05) is 5.88 Å². The molecule has 0 spiro atoms. The number of fused-ring (bicyclic) bond motifs is 1. The van der Waals surface area contributed by atoms with Crippen molar-refractivity contribution in [3.8, 4) is 0 Å². The Morgan fingerprint density at radius 1 is 1.17 bits per heavy atom. The molecule has 0 saturated heterocycles. The number of alkyl halides is 1. The van der Waals surface area contributed by atoms with Gasteiger partial charge in [0.05, 0.1) is 5.69 Å². The lowest BCUT2D eigenvalue weighted by atomic mass is 10.2. The number of rotatable bonds is 6. The highest BCUT2D eigenvalue weighted by molar-refractivity contribution is 6.17. The molecular formula is C13H21ClN4. The smallest absolute Gasteiger partial charge is 0.158 e. The molecule has 0 atom stereocenters. The number of hydrogen-bond acceptors (Lipinski definition) is 2. The molecule has 4 nitrogen and oxygen atoms in total. The quantitative estimate of drug-likeness (QED) is 0.755. The van der Waals surface area contributed by atoms with Gasteiger partial charge in [0.2, 0.25) is 0 Å². The number of halogens is 1. The van der Waals surface area contributed by atoms with E-state index in [1.165, 1.54) is 0 Å². The van der Waals surface area contributed by atoms with Gasteiger partial charge in [-0.1, -0.05) is 20.3 Å². The van der Waals surface area contributed by atoms with Gasteiger partial charge in [0.15, 0.2) is 5.65 Å². The zero-order valence-electron chi connectivity index (χ0n) is 11.4. The van der Waals surface area contributed by atoms with Crippen molar-refractivity contribution in [1.29, 1.82) is 0 Å². The second-order valence-corrected chi connectivity index (χ2v) is 4.99. The van der Waals surface area contributed by atoms with Gasteiger partial charge in [0, 0.05) is 25.9 Å². The van der Waals surface area contributed by atoms with E-state index in [0.29, 0.717) is 5.88 Å². The molecule has 100 valence electrons. The standard InChI is InChI=1S/C13H21ClN4/c1-4-6-10-12-13(17(3)16-10)18(9-5-2)11(15-12)7-8-14/h4-9H2,1-3H3. The highest BCUT2D eigenvalue weighted by Crippen LogP contribution is 2.21. The minimum absolute atomic E-state index is 0.615. The predicted octanol–water partition coefficient (Wildman–Crippen LogP) is 2.91. The third kappa shape index (κ3) is 2.26. The van der Waals surface area contributed by atoms with E-state index >= 15 is 0 Å². The molecule has 0 amide bonds. The maximum Gasteiger partial charge on any atom is 0.158 e. The molecule has 0 radical (unpaired) electrons. The lowest BCUT2D eigenvalue weighted by Gasteiger charge is -2.06. The molecule has 2 heterocycles. The van der Waals surface area contributed by atoms with Crippen LogP contribution in [0.2, 0.25) is 0 Å². The van der Waals surface area contributed by atoms with Crippen molar-refractivity contribution in [1.82, 2.24) is 19.3 Å². The van der Waals surface area contributed by atoms with E-state index in [4.69, 9.17) is 16.6 Å².